The Morgan fingerprint density at radius 1 is 1.17 bits per heavy atom. The van der Waals surface area contributed by atoms with Gasteiger partial charge in [-0.3, -0.25) is 4.79 Å². The van der Waals surface area contributed by atoms with E-state index in [9.17, 15) is 4.79 Å². The van der Waals surface area contributed by atoms with E-state index in [0.29, 0.717) is 18.2 Å². The van der Waals surface area contributed by atoms with Crippen LogP contribution in [0.2, 0.25) is 0 Å². The Morgan fingerprint density at radius 2 is 1.97 bits per heavy atom. The first-order valence-corrected chi connectivity index (χ1v) is 10.3. The van der Waals surface area contributed by atoms with Crippen LogP contribution in [0.15, 0.2) is 47.6 Å². The van der Waals surface area contributed by atoms with Crippen LogP contribution >= 0.6 is 11.8 Å². The molecule has 0 bridgehead atoms. The zero-order chi connectivity index (χ0) is 20.2. The van der Waals surface area contributed by atoms with Crippen LogP contribution in [0.3, 0.4) is 0 Å². The highest BCUT2D eigenvalue weighted by molar-refractivity contribution is 7.99. The van der Waals surface area contributed by atoms with Crippen molar-refractivity contribution in [3.05, 3.63) is 53.6 Å². The molecule has 9 heteroatoms. The van der Waals surface area contributed by atoms with Crippen molar-refractivity contribution >= 4 is 17.7 Å². The highest BCUT2D eigenvalue weighted by Crippen LogP contribution is 2.32. The fraction of sp³-hybridized carbons (Fsp3) is 0.300. The molecule has 29 heavy (non-hydrogen) atoms. The number of aryl methyl sites for hydroxylation is 1. The third-order valence-electron chi connectivity index (χ3n) is 4.59. The summed E-state index contributed by atoms with van der Waals surface area (Å²) in [4.78, 5) is 14.6. The predicted octanol–water partition coefficient (Wildman–Crippen LogP) is 2.84. The summed E-state index contributed by atoms with van der Waals surface area (Å²) in [6, 6.07) is 13.7. The van der Waals surface area contributed by atoms with Gasteiger partial charge >= 0.3 is 0 Å². The lowest BCUT2D eigenvalue weighted by atomic mass is 10.2. The third kappa shape index (κ3) is 4.34. The highest BCUT2D eigenvalue weighted by atomic mass is 32.2. The van der Waals surface area contributed by atoms with Gasteiger partial charge in [-0.2, -0.15) is 4.68 Å². The molecule has 1 amide bonds. The van der Waals surface area contributed by atoms with Gasteiger partial charge in [0.05, 0.1) is 11.4 Å². The number of carbonyl (C=O) groups excluding carboxylic acids is 1. The highest BCUT2D eigenvalue weighted by Gasteiger charge is 2.18. The molecule has 1 aliphatic heterocycles. The van der Waals surface area contributed by atoms with Gasteiger partial charge in [-0.25, -0.2) is 0 Å². The number of hydrogen-bond donors (Lipinski definition) is 0. The summed E-state index contributed by atoms with van der Waals surface area (Å²) in [7, 11) is 0. The molecule has 0 aliphatic carbocycles. The Morgan fingerprint density at radius 3 is 2.76 bits per heavy atom. The summed E-state index contributed by atoms with van der Waals surface area (Å²) < 4.78 is 12.4. The van der Waals surface area contributed by atoms with E-state index in [1.54, 1.807) is 9.58 Å². The molecule has 0 saturated carbocycles. The van der Waals surface area contributed by atoms with Crippen molar-refractivity contribution in [3.8, 4) is 17.2 Å². The van der Waals surface area contributed by atoms with Crippen LogP contribution in [-0.2, 0) is 11.3 Å². The van der Waals surface area contributed by atoms with Gasteiger partial charge in [-0.05, 0) is 54.1 Å². The zero-order valence-corrected chi connectivity index (χ0v) is 17.1. The minimum Gasteiger partial charge on any atom is -0.454 e. The Labute approximate surface area is 172 Å². The molecule has 0 spiro atoms. The molecular formula is C20H21N5O3S. The molecule has 0 saturated heterocycles. The van der Waals surface area contributed by atoms with Crippen molar-refractivity contribution in [3.63, 3.8) is 0 Å². The van der Waals surface area contributed by atoms with E-state index in [1.165, 1.54) is 11.8 Å². The van der Waals surface area contributed by atoms with Gasteiger partial charge < -0.3 is 14.4 Å². The van der Waals surface area contributed by atoms with Crippen molar-refractivity contribution in [1.29, 1.82) is 0 Å². The van der Waals surface area contributed by atoms with Crippen molar-refractivity contribution in [2.24, 2.45) is 0 Å². The third-order valence-corrected chi connectivity index (χ3v) is 5.49. The fourth-order valence-corrected chi connectivity index (χ4v) is 3.76. The number of tetrazole rings is 1. The normalized spacial score (nSPS) is 12.2. The molecule has 4 rings (SSSR count). The molecule has 0 radical (unpaired) electrons. The van der Waals surface area contributed by atoms with Crippen LogP contribution < -0.4 is 9.47 Å². The average Bonchev–Trinajstić information content (AvgIpc) is 3.39. The molecule has 2 heterocycles. The van der Waals surface area contributed by atoms with E-state index in [1.807, 2.05) is 56.3 Å². The van der Waals surface area contributed by atoms with E-state index in [0.717, 1.165) is 28.3 Å². The Hall–Kier alpha value is -3.07. The molecule has 0 fully saturated rings. The summed E-state index contributed by atoms with van der Waals surface area (Å²) in [5.41, 5.74) is 3.02. The molecular weight excluding hydrogens is 390 g/mol. The Balaban J connectivity index is 1.40. The van der Waals surface area contributed by atoms with Crippen LogP contribution in [0.4, 0.5) is 0 Å². The molecule has 0 N–H and O–H groups in total. The summed E-state index contributed by atoms with van der Waals surface area (Å²) in [6.07, 6.45) is 0. The lowest BCUT2D eigenvalue weighted by molar-refractivity contribution is -0.128. The first-order valence-electron chi connectivity index (χ1n) is 9.28. The monoisotopic (exact) mass is 411 g/mol. The number of benzene rings is 2. The number of nitrogens with zero attached hydrogens (tertiary/aromatic N) is 5. The lowest BCUT2D eigenvalue weighted by Crippen LogP contribution is -2.31. The van der Waals surface area contributed by atoms with Gasteiger partial charge in [-0.1, -0.05) is 35.5 Å². The summed E-state index contributed by atoms with van der Waals surface area (Å²) in [5.74, 6) is 1.73. The fourth-order valence-electron chi connectivity index (χ4n) is 2.97. The number of carbonyl (C=O) groups is 1. The number of ether oxygens (including phenoxy) is 2. The minimum atomic E-state index is 0.0219. The number of thioether (sulfide) groups is 1. The maximum absolute atomic E-state index is 12.8. The molecule has 3 aromatic rings. The number of amides is 1. The Kier molecular flexibility index (Phi) is 5.66. The number of aromatic nitrogens is 4. The van der Waals surface area contributed by atoms with Crippen molar-refractivity contribution in [1.82, 2.24) is 25.1 Å². The maximum atomic E-state index is 12.8. The maximum Gasteiger partial charge on any atom is 0.233 e. The minimum absolute atomic E-state index is 0.0219. The van der Waals surface area contributed by atoms with Gasteiger partial charge in [0.1, 0.15) is 0 Å². The van der Waals surface area contributed by atoms with Crippen LogP contribution in [0.5, 0.6) is 11.5 Å². The van der Waals surface area contributed by atoms with Gasteiger partial charge in [0.25, 0.3) is 0 Å². The number of fused-ring (bicyclic) bond motifs is 1. The predicted molar refractivity (Wildman–Crippen MR) is 108 cm³/mol. The van der Waals surface area contributed by atoms with Crippen molar-refractivity contribution < 1.29 is 14.3 Å². The van der Waals surface area contributed by atoms with Gasteiger partial charge in [0.2, 0.25) is 17.9 Å². The lowest BCUT2D eigenvalue weighted by Gasteiger charge is -2.21. The second-order valence-corrected chi connectivity index (χ2v) is 7.54. The topological polar surface area (TPSA) is 82.4 Å². The summed E-state index contributed by atoms with van der Waals surface area (Å²) >= 11 is 1.33. The molecule has 150 valence electrons. The average molecular weight is 411 g/mol. The van der Waals surface area contributed by atoms with Gasteiger partial charge in [0, 0.05) is 13.1 Å². The second kappa shape index (κ2) is 8.52. The van der Waals surface area contributed by atoms with Crippen LogP contribution in [0.25, 0.3) is 5.69 Å². The molecule has 1 aromatic heterocycles. The van der Waals surface area contributed by atoms with Crippen molar-refractivity contribution in [2.75, 3.05) is 19.1 Å². The Bertz CT molecular complexity index is 1010. The van der Waals surface area contributed by atoms with E-state index >= 15 is 0 Å². The van der Waals surface area contributed by atoms with Crippen LogP contribution in [-0.4, -0.2) is 50.1 Å². The molecule has 2 aromatic carbocycles. The van der Waals surface area contributed by atoms with E-state index < -0.39 is 0 Å². The SMILES string of the molecule is CCN(Cc1ccc2c(c1)OCO2)C(=O)CSc1nnnn1-c1ccc(C)cc1. The molecule has 0 unspecified atom stereocenters. The summed E-state index contributed by atoms with van der Waals surface area (Å²) in [5, 5.41) is 12.4. The van der Waals surface area contributed by atoms with E-state index in [-0.39, 0.29) is 18.5 Å². The van der Waals surface area contributed by atoms with Gasteiger partial charge in [-0.15, -0.1) is 5.10 Å². The number of hydrogen-bond acceptors (Lipinski definition) is 7. The van der Waals surface area contributed by atoms with E-state index in [4.69, 9.17) is 9.47 Å². The smallest absolute Gasteiger partial charge is 0.233 e. The first kappa shape index (κ1) is 19.3. The number of rotatable bonds is 7. The first-order chi connectivity index (χ1) is 14.1. The van der Waals surface area contributed by atoms with Crippen molar-refractivity contribution in [2.45, 2.75) is 25.5 Å². The molecule has 0 atom stereocenters. The molecule has 8 nitrogen and oxygen atoms in total. The van der Waals surface area contributed by atoms with E-state index in [2.05, 4.69) is 15.5 Å². The quantitative estimate of drug-likeness (QED) is 0.553. The molecule has 1 aliphatic rings. The second-order valence-electron chi connectivity index (χ2n) is 6.59. The summed E-state index contributed by atoms with van der Waals surface area (Å²) in [6.45, 7) is 5.34. The largest absolute Gasteiger partial charge is 0.454 e. The van der Waals surface area contributed by atoms with Gasteiger partial charge in [0.15, 0.2) is 11.5 Å². The standard InChI is InChI=1S/C20H21N5O3S/c1-3-24(11-15-6-9-17-18(10-15)28-13-27-17)19(26)12-29-20-21-22-23-25(20)16-7-4-14(2)5-8-16/h4-10H,3,11-13H2,1-2H3. The zero-order valence-electron chi connectivity index (χ0n) is 16.2. The van der Waals surface area contributed by atoms with Crippen LogP contribution in [0, 0.1) is 6.92 Å². The van der Waals surface area contributed by atoms with Crippen LogP contribution in [0.1, 0.15) is 18.1 Å².